The van der Waals surface area contributed by atoms with Gasteiger partial charge in [-0.15, -0.1) is 0 Å². The second kappa shape index (κ2) is 5.77. The smallest absolute Gasteiger partial charge is 0.244 e. The quantitative estimate of drug-likeness (QED) is 0.475. The van der Waals surface area contributed by atoms with Gasteiger partial charge in [0, 0.05) is 0 Å². The van der Waals surface area contributed by atoms with Crippen molar-refractivity contribution in [3.05, 3.63) is 12.7 Å². The minimum absolute atomic E-state index is 0.0514. The van der Waals surface area contributed by atoms with Crippen molar-refractivity contribution in [2.24, 2.45) is 5.92 Å². The van der Waals surface area contributed by atoms with Crippen LogP contribution in [-0.4, -0.2) is 19.1 Å². The number of hydrogen-bond acceptors (Lipinski definition) is 2. The van der Waals surface area contributed by atoms with Gasteiger partial charge in [0.2, 0.25) is 5.91 Å². The summed E-state index contributed by atoms with van der Waals surface area (Å²) in [6, 6.07) is 0. The lowest BCUT2D eigenvalue weighted by molar-refractivity contribution is -0.117. The zero-order valence-corrected chi connectivity index (χ0v) is 8.05. The predicted octanol–water partition coefficient (Wildman–Crippen LogP) is 0.880. The second-order valence-corrected chi connectivity index (χ2v) is 3.18. The van der Waals surface area contributed by atoms with E-state index < -0.39 is 0 Å². The summed E-state index contributed by atoms with van der Waals surface area (Å²) >= 11 is 0. The van der Waals surface area contributed by atoms with Crippen molar-refractivity contribution in [3.63, 3.8) is 0 Å². The lowest BCUT2D eigenvalue weighted by Gasteiger charge is -2.18. The van der Waals surface area contributed by atoms with E-state index >= 15 is 0 Å². The van der Waals surface area contributed by atoms with Crippen LogP contribution in [0.25, 0.3) is 0 Å². The van der Waals surface area contributed by atoms with E-state index in [9.17, 15) is 4.79 Å². The molecule has 0 rings (SSSR count). The lowest BCUT2D eigenvalue weighted by atomic mass is 10.1. The Balaban J connectivity index is 3.82. The third kappa shape index (κ3) is 4.91. The third-order valence-electron chi connectivity index (χ3n) is 1.56. The fourth-order valence-corrected chi connectivity index (χ4v) is 0.951. The molecule has 1 unspecified atom stereocenters. The van der Waals surface area contributed by atoms with Gasteiger partial charge in [0.15, 0.2) is 0 Å². The highest BCUT2D eigenvalue weighted by atomic mass is 16.1. The highest BCUT2D eigenvalue weighted by molar-refractivity contribution is 5.87. The van der Waals surface area contributed by atoms with Crippen LogP contribution in [0.2, 0.25) is 0 Å². The molecule has 1 atom stereocenters. The zero-order chi connectivity index (χ0) is 9.56. The van der Waals surface area contributed by atoms with Crippen LogP contribution in [-0.2, 0) is 4.79 Å². The molecular formula is C9H18N2O. The molecule has 3 heteroatoms. The molecule has 0 aromatic heterocycles. The van der Waals surface area contributed by atoms with Crippen LogP contribution in [0.4, 0.5) is 0 Å². The Labute approximate surface area is 74.2 Å². The van der Waals surface area contributed by atoms with Crippen molar-refractivity contribution in [2.45, 2.75) is 26.4 Å². The molecule has 0 saturated carbocycles. The van der Waals surface area contributed by atoms with E-state index in [-0.39, 0.29) is 12.1 Å². The van der Waals surface area contributed by atoms with E-state index in [0.29, 0.717) is 5.92 Å². The molecule has 0 aliphatic heterocycles. The van der Waals surface area contributed by atoms with E-state index in [1.807, 2.05) is 7.05 Å². The molecular weight excluding hydrogens is 152 g/mol. The maximum absolute atomic E-state index is 10.9. The van der Waals surface area contributed by atoms with Crippen molar-refractivity contribution < 1.29 is 4.79 Å². The Bertz CT molecular complexity index is 155. The molecule has 0 aliphatic rings. The fraction of sp³-hybridized carbons (Fsp3) is 0.667. The molecule has 0 saturated heterocycles. The van der Waals surface area contributed by atoms with E-state index in [0.717, 1.165) is 6.42 Å². The summed E-state index contributed by atoms with van der Waals surface area (Å²) in [6.07, 6.45) is 2.26. The molecule has 2 N–H and O–H groups in total. The number of amides is 1. The Hall–Kier alpha value is -0.830. The summed E-state index contributed by atoms with van der Waals surface area (Å²) in [7, 11) is 1.83. The first-order valence-electron chi connectivity index (χ1n) is 4.20. The average molecular weight is 170 g/mol. The Morgan fingerprint density at radius 3 is 2.50 bits per heavy atom. The lowest BCUT2D eigenvalue weighted by Crippen LogP contribution is -2.43. The van der Waals surface area contributed by atoms with Crippen molar-refractivity contribution in [1.82, 2.24) is 10.6 Å². The van der Waals surface area contributed by atoms with Crippen LogP contribution in [0.15, 0.2) is 12.7 Å². The van der Waals surface area contributed by atoms with Gasteiger partial charge in [0.25, 0.3) is 0 Å². The number of hydrogen-bond donors (Lipinski definition) is 2. The summed E-state index contributed by atoms with van der Waals surface area (Å²) in [5, 5.41) is 5.80. The summed E-state index contributed by atoms with van der Waals surface area (Å²) in [4.78, 5) is 10.9. The topological polar surface area (TPSA) is 41.1 Å². The minimum atomic E-state index is -0.130. The summed E-state index contributed by atoms with van der Waals surface area (Å²) in [6.45, 7) is 7.62. The summed E-state index contributed by atoms with van der Waals surface area (Å²) in [5.74, 6) is 0.433. The average Bonchev–Trinajstić information content (AvgIpc) is 2.02. The third-order valence-corrected chi connectivity index (χ3v) is 1.56. The molecule has 0 heterocycles. The molecule has 1 amide bonds. The van der Waals surface area contributed by atoms with Crippen LogP contribution in [0, 0.1) is 5.92 Å². The number of carbonyl (C=O) groups is 1. The van der Waals surface area contributed by atoms with Gasteiger partial charge in [-0.05, 0) is 25.5 Å². The summed E-state index contributed by atoms with van der Waals surface area (Å²) < 4.78 is 0. The molecule has 3 nitrogen and oxygen atoms in total. The summed E-state index contributed by atoms with van der Waals surface area (Å²) in [5.41, 5.74) is 0. The number of nitrogens with one attached hydrogen (secondary N) is 2. The van der Waals surface area contributed by atoms with E-state index in [2.05, 4.69) is 31.1 Å². The first kappa shape index (κ1) is 11.2. The first-order chi connectivity index (χ1) is 5.60. The van der Waals surface area contributed by atoms with Gasteiger partial charge in [-0.25, -0.2) is 0 Å². The molecule has 0 spiro atoms. The molecule has 70 valence electrons. The van der Waals surface area contributed by atoms with Crippen LogP contribution < -0.4 is 10.6 Å². The molecule has 12 heavy (non-hydrogen) atoms. The molecule has 0 radical (unpaired) electrons. The van der Waals surface area contributed by atoms with Crippen LogP contribution >= 0.6 is 0 Å². The second-order valence-electron chi connectivity index (χ2n) is 3.18. The van der Waals surface area contributed by atoms with Crippen LogP contribution in [0.3, 0.4) is 0 Å². The Morgan fingerprint density at radius 1 is 1.58 bits per heavy atom. The van der Waals surface area contributed by atoms with E-state index in [1.54, 1.807) is 0 Å². The van der Waals surface area contributed by atoms with Crippen molar-refractivity contribution in [2.75, 3.05) is 7.05 Å². The SMILES string of the molecule is C=CC(=O)NC(CC(C)C)NC. The van der Waals surface area contributed by atoms with Gasteiger partial charge in [0.1, 0.15) is 0 Å². The molecule has 0 aromatic rings. The maximum atomic E-state index is 10.9. The first-order valence-corrected chi connectivity index (χ1v) is 4.20. The highest BCUT2D eigenvalue weighted by Gasteiger charge is 2.08. The van der Waals surface area contributed by atoms with Crippen molar-refractivity contribution in [3.8, 4) is 0 Å². The van der Waals surface area contributed by atoms with E-state index in [4.69, 9.17) is 0 Å². The molecule has 0 bridgehead atoms. The predicted molar refractivity (Wildman–Crippen MR) is 50.6 cm³/mol. The van der Waals surface area contributed by atoms with Gasteiger partial charge in [-0.2, -0.15) is 0 Å². The van der Waals surface area contributed by atoms with Gasteiger partial charge in [0.05, 0.1) is 6.17 Å². The zero-order valence-electron chi connectivity index (χ0n) is 8.05. The minimum Gasteiger partial charge on any atom is -0.337 e. The number of carbonyl (C=O) groups excluding carboxylic acids is 1. The highest BCUT2D eigenvalue weighted by Crippen LogP contribution is 2.01. The van der Waals surface area contributed by atoms with E-state index in [1.165, 1.54) is 6.08 Å². The molecule has 0 aliphatic carbocycles. The van der Waals surface area contributed by atoms with Gasteiger partial charge in [-0.1, -0.05) is 20.4 Å². The maximum Gasteiger partial charge on any atom is 0.244 e. The van der Waals surface area contributed by atoms with Crippen molar-refractivity contribution in [1.29, 1.82) is 0 Å². The number of rotatable bonds is 5. The Kier molecular flexibility index (Phi) is 5.37. The van der Waals surface area contributed by atoms with Crippen LogP contribution in [0.5, 0.6) is 0 Å². The monoisotopic (exact) mass is 170 g/mol. The normalized spacial score (nSPS) is 12.7. The van der Waals surface area contributed by atoms with Crippen LogP contribution in [0.1, 0.15) is 20.3 Å². The molecule has 0 aromatic carbocycles. The van der Waals surface area contributed by atoms with Gasteiger partial charge < -0.3 is 10.6 Å². The standard InChI is InChI=1S/C9H18N2O/c1-5-9(12)11-8(10-4)6-7(2)3/h5,7-8,10H,1,6H2,2-4H3,(H,11,12). The molecule has 0 fully saturated rings. The van der Waals surface area contributed by atoms with Crippen molar-refractivity contribution >= 4 is 5.91 Å². The fourth-order valence-electron chi connectivity index (χ4n) is 0.951. The van der Waals surface area contributed by atoms with Gasteiger partial charge in [-0.3, -0.25) is 4.79 Å². The largest absolute Gasteiger partial charge is 0.337 e. The van der Waals surface area contributed by atoms with Gasteiger partial charge >= 0.3 is 0 Å². The Morgan fingerprint density at radius 2 is 2.17 bits per heavy atom.